The summed E-state index contributed by atoms with van der Waals surface area (Å²) in [6.45, 7) is 7.72. The van der Waals surface area contributed by atoms with Crippen LogP contribution >= 0.6 is 0 Å². The highest BCUT2D eigenvalue weighted by molar-refractivity contribution is 5.53. The summed E-state index contributed by atoms with van der Waals surface area (Å²) in [7, 11) is 0. The summed E-state index contributed by atoms with van der Waals surface area (Å²) in [5, 5.41) is 0. The second-order valence-corrected chi connectivity index (χ2v) is 5.71. The number of hydrogen-bond donors (Lipinski definition) is 0. The van der Waals surface area contributed by atoms with E-state index in [-0.39, 0.29) is 5.82 Å². The van der Waals surface area contributed by atoms with Crippen molar-refractivity contribution in [2.75, 3.05) is 31.2 Å². The van der Waals surface area contributed by atoms with Crippen LogP contribution in [0.2, 0.25) is 0 Å². The number of halogens is 1. The first kappa shape index (κ1) is 11.0. The van der Waals surface area contributed by atoms with E-state index in [0.29, 0.717) is 11.3 Å². The molecule has 2 fully saturated rings. The summed E-state index contributed by atoms with van der Waals surface area (Å²) < 4.78 is 19.2. The molecule has 92 valence electrons. The maximum Gasteiger partial charge on any atom is 0.146 e. The molecule has 1 spiro atoms. The summed E-state index contributed by atoms with van der Waals surface area (Å²) >= 11 is 0. The van der Waals surface area contributed by atoms with Gasteiger partial charge in [-0.2, -0.15) is 0 Å². The molecule has 0 aliphatic carbocycles. The first-order chi connectivity index (χ1) is 8.10. The van der Waals surface area contributed by atoms with Crippen LogP contribution in [0.4, 0.5) is 10.1 Å². The van der Waals surface area contributed by atoms with Crippen molar-refractivity contribution in [3.05, 3.63) is 29.6 Å². The van der Waals surface area contributed by atoms with E-state index in [1.54, 1.807) is 6.07 Å². The Morgan fingerprint density at radius 2 is 2.00 bits per heavy atom. The van der Waals surface area contributed by atoms with Crippen molar-refractivity contribution < 1.29 is 9.13 Å². The second-order valence-electron chi connectivity index (χ2n) is 5.71. The minimum atomic E-state index is -0.0914. The third-order valence-corrected chi connectivity index (χ3v) is 3.85. The maximum atomic E-state index is 14.0. The maximum absolute atomic E-state index is 14.0. The Morgan fingerprint density at radius 1 is 1.29 bits per heavy atom. The third-order valence-electron chi connectivity index (χ3n) is 3.85. The second kappa shape index (κ2) is 3.70. The van der Waals surface area contributed by atoms with Crippen LogP contribution in [0.3, 0.4) is 0 Å². The summed E-state index contributed by atoms with van der Waals surface area (Å²) in [6.07, 6.45) is 0. The van der Waals surface area contributed by atoms with Gasteiger partial charge >= 0.3 is 0 Å². The molecule has 1 aromatic rings. The topological polar surface area (TPSA) is 12.5 Å². The van der Waals surface area contributed by atoms with Gasteiger partial charge < -0.3 is 9.64 Å². The quantitative estimate of drug-likeness (QED) is 0.781. The Morgan fingerprint density at radius 3 is 2.47 bits per heavy atom. The van der Waals surface area contributed by atoms with Crippen molar-refractivity contribution in [1.29, 1.82) is 0 Å². The molecule has 0 amide bonds. The molecule has 2 saturated heterocycles. The van der Waals surface area contributed by atoms with E-state index in [1.807, 2.05) is 12.1 Å². The van der Waals surface area contributed by atoms with Gasteiger partial charge in [-0.3, -0.25) is 0 Å². The van der Waals surface area contributed by atoms with Crippen LogP contribution in [-0.4, -0.2) is 26.3 Å². The van der Waals surface area contributed by atoms with Crippen molar-refractivity contribution in [2.45, 2.75) is 19.8 Å². The minimum Gasteiger partial charge on any atom is -0.380 e. The molecule has 3 rings (SSSR count). The van der Waals surface area contributed by atoms with Crippen LogP contribution in [-0.2, 0) is 4.74 Å². The molecule has 17 heavy (non-hydrogen) atoms. The van der Waals surface area contributed by atoms with Crippen molar-refractivity contribution in [3.8, 4) is 0 Å². The molecule has 0 aromatic heterocycles. The molecular formula is C14H18FNO. The molecule has 0 bridgehead atoms. The Kier molecular flexibility index (Phi) is 2.40. The molecule has 2 heterocycles. The lowest BCUT2D eigenvalue weighted by Gasteiger charge is -2.56. The molecule has 0 N–H and O–H groups in total. The third kappa shape index (κ3) is 1.73. The zero-order valence-electron chi connectivity index (χ0n) is 10.4. The molecule has 3 heteroatoms. The Bertz CT molecular complexity index is 432. The van der Waals surface area contributed by atoms with E-state index in [9.17, 15) is 4.39 Å². The number of anilines is 1. The predicted molar refractivity (Wildman–Crippen MR) is 66.0 cm³/mol. The lowest BCUT2D eigenvalue weighted by molar-refractivity contribution is -0.127. The van der Waals surface area contributed by atoms with Gasteiger partial charge in [0.05, 0.1) is 24.3 Å². The zero-order chi connectivity index (χ0) is 12.0. The lowest BCUT2D eigenvalue weighted by Crippen LogP contribution is -2.66. The summed E-state index contributed by atoms with van der Waals surface area (Å²) in [4.78, 5) is 2.11. The molecule has 1 aromatic carbocycles. The van der Waals surface area contributed by atoms with Gasteiger partial charge in [-0.15, -0.1) is 0 Å². The lowest BCUT2D eigenvalue weighted by atomic mass is 9.77. The van der Waals surface area contributed by atoms with Gasteiger partial charge in [0.15, 0.2) is 0 Å². The molecule has 0 unspecified atom stereocenters. The molecular weight excluding hydrogens is 217 g/mol. The fourth-order valence-corrected chi connectivity index (χ4v) is 2.65. The van der Waals surface area contributed by atoms with E-state index in [0.717, 1.165) is 37.6 Å². The molecule has 2 nitrogen and oxygen atoms in total. The van der Waals surface area contributed by atoms with Crippen molar-refractivity contribution in [1.82, 2.24) is 0 Å². The van der Waals surface area contributed by atoms with E-state index in [2.05, 4.69) is 18.7 Å². The smallest absolute Gasteiger partial charge is 0.146 e. The van der Waals surface area contributed by atoms with Gasteiger partial charge in [0, 0.05) is 13.1 Å². The Balaban J connectivity index is 1.76. The monoisotopic (exact) mass is 235 g/mol. The summed E-state index contributed by atoms with van der Waals surface area (Å²) in [5.74, 6) is 0.285. The van der Waals surface area contributed by atoms with Gasteiger partial charge in [0.2, 0.25) is 0 Å². The van der Waals surface area contributed by atoms with Crippen molar-refractivity contribution >= 4 is 5.69 Å². The van der Waals surface area contributed by atoms with Crippen molar-refractivity contribution in [3.63, 3.8) is 0 Å². The Hall–Kier alpha value is -1.09. The van der Waals surface area contributed by atoms with Crippen LogP contribution < -0.4 is 4.90 Å². The fourth-order valence-electron chi connectivity index (χ4n) is 2.65. The van der Waals surface area contributed by atoms with Crippen LogP contribution in [0.5, 0.6) is 0 Å². The fraction of sp³-hybridized carbons (Fsp3) is 0.571. The highest BCUT2D eigenvalue weighted by Crippen LogP contribution is 2.41. The molecule has 2 aliphatic heterocycles. The predicted octanol–water partition coefficient (Wildman–Crippen LogP) is 2.79. The minimum absolute atomic E-state index is 0.0914. The molecule has 2 aliphatic rings. The Labute approximate surface area is 101 Å². The molecule has 0 saturated carbocycles. The summed E-state index contributed by atoms with van der Waals surface area (Å²) in [6, 6.07) is 5.62. The molecule has 0 atom stereocenters. The SMILES string of the molecule is CC(C)c1ccc(N2CC3(COC3)C2)c(F)c1. The van der Waals surface area contributed by atoms with Crippen LogP contribution in [0, 0.1) is 11.2 Å². The first-order valence-corrected chi connectivity index (χ1v) is 6.22. The average molecular weight is 235 g/mol. The van der Waals surface area contributed by atoms with Gasteiger partial charge in [-0.25, -0.2) is 4.39 Å². The van der Waals surface area contributed by atoms with Crippen LogP contribution in [0.1, 0.15) is 25.3 Å². The van der Waals surface area contributed by atoms with E-state index in [4.69, 9.17) is 4.74 Å². The van der Waals surface area contributed by atoms with Crippen molar-refractivity contribution in [2.24, 2.45) is 5.41 Å². The van der Waals surface area contributed by atoms with E-state index >= 15 is 0 Å². The van der Waals surface area contributed by atoms with Gasteiger partial charge in [0.1, 0.15) is 5.82 Å². The van der Waals surface area contributed by atoms with E-state index < -0.39 is 0 Å². The van der Waals surface area contributed by atoms with Crippen LogP contribution in [0.15, 0.2) is 18.2 Å². The number of rotatable bonds is 2. The molecule has 0 radical (unpaired) electrons. The average Bonchev–Trinajstić information content (AvgIpc) is 2.15. The van der Waals surface area contributed by atoms with Gasteiger partial charge in [0.25, 0.3) is 0 Å². The van der Waals surface area contributed by atoms with E-state index in [1.165, 1.54) is 0 Å². The standard InChI is InChI=1S/C14H18FNO/c1-10(2)11-3-4-13(12(15)5-11)16-6-14(7-16)8-17-9-14/h3-5,10H,6-9H2,1-2H3. The summed E-state index contributed by atoms with van der Waals surface area (Å²) in [5.41, 5.74) is 2.14. The normalized spacial score (nSPS) is 21.5. The van der Waals surface area contributed by atoms with Gasteiger partial charge in [-0.05, 0) is 23.6 Å². The highest BCUT2D eigenvalue weighted by atomic mass is 19.1. The number of benzene rings is 1. The number of ether oxygens (including phenoxy) is 1. The first-order valence-electron chi connectivity index (χ1n) is 6.22. The largest absolute Gasteiger partial charge is 0.380 e. The highest BCUT2D eigenvalue weighted by Gasteiger charge is 2.49. The van der Waals surface area contributed by atoms with Crippen LogP contribution in [0.25, 0.3) is 0 Å². The number of hydrogen-bond acceptors (Lipinski definition) is 2. The zero-order valence-corrected chi connectivity index (χ0v) is 10.4. The number of nitrogens with zero attached hydrogens (tertiary/aromatic N) is 1. The van der Waals surface area contributed by atoms with Gasteiger partial charge in [-0.1, -0.05) is 19.9 Å².